The third kappa shape index (κ3) is 9.95. The van der Waals surface area contributed by atoms with E-state index in [4.69, 9.17) is 19.6 Å². The smallest absolute Gasteiger partial charge is 0.270 e. The van der Waals surface area contributed by atoms with Gasteiger partial charge >= 0.3 is 0 Å². The van der Waals surface area contributed by atoms with Crippen LogP contribution in [0.4, 0.5) is 10.2 Å². The van der Waals surface area contributed by atoms with E-state index < -0.39 is 20.9 Å². The quantitative estimate of drug-likeness (QED) is 0.156. The minimum absolute atomic E-state index is 0.0198. The second-order valence-corrected chi connectivity index (χ2v) is 41.1. The van der Waals surface area contributed by atoms with Crippen molar-refractivity contribution in [3.05, 3.63) is 60.0 Å². The van der Waals surface area contributed by atoms with Gasteiger partial charge in [0.2, 0.25) is 0 Å². The van der Waals surface area contributed by atoms with Crippen molar-refractivity contribution in [3.8, 4) is 34.3 Å². The van der Waals surface area contributed by atoms with Gasteiger partial charge in [-0.25, -0.2) is 22.8 Å². The summed E-state index contributed by atoms with van der Waals surface area (Å²) in [5.41, 5.74) is 8.17. The summed E-state index contributed by atoms with van der Waals surface area (Å²) in [6.45, 7) is 3.03. The Balaban J connectivity index is 0.000000503. The molecule has 258 valence electrons. The van der Waals surface area contributed by atoms with Crippen molar-refractivity contribution >= 4 is 81.3 Å². The van der Waals surface area contributed by atoms with Crippen LogP contribution in [-0.2, 0) is 25.9 Å². The van der Waals surface area contributed by atoms with Crippen LogP contribution >= 0.6 is 65.6 Å². The van der Waals surface area contributed by atoms with Gasteiger partial charge in [0.25, 0.3) is 11.8 Å². The zero-order valence-corrected chi connectivity index (χ0v) is 34.9. The molecule has 0 saturated carbocycles. The first kappa shape index (κ1) is 38.9. The van der Waals surface area contributed by atoms with E-state index in [1.54, 1.807) is 24.3 Å². The average Bonchev–Trinajstić information content (AvgIpc) is 3.88. The van der Waals surface area contributed by atoms with Crippen molar-refractivity contribution in [3.63, 3.8) is 0 Å². The molecule has 21 heteroatoms. The van der Waals surface area contributed by atoms with Crippen LogP contribution in [0.15, 0.2) is 58.0 Å². The van der Waals surface area contributed by atoms with E-state index in [1.165, 1.54) is 24.4 Å². The van der Waals surface area contributed by atoms with Crippen LogP contribution in [0.25, 0.3) is 34.3 Å². The number of anilines is 1. The molecule has 6 unspecified atom stereocenters. The lowest BCUT2D eigenvalue weighted by Gasteiger charge is -2.18. The van der Waals surface area contributed by atoms with Crippen LogP contribution in [-0.4, -0.2) is 66.3 Å². The zero-order chi connectivity index (χ0) is 34.4. The highest BCUT2D eigenvalue weighted by molar-refractivity contribution is 9.06. The summed E-state index contributed by atoms with van der Waals surface area (Å²) in [4.78, 5) is 8.93. The first-order chi connectivity index (χ1) is 22.9. The van der Waals surface area contributed by atoms with Crippen LogP contribution in [0.3, 0.4) is 0 Å². The van der Waals surface area contributed by atoms with Crippen LogP contribution in [0.5, 0.6) is 0 Å². The second kappa shape index (κ2) is 17.9. The van der Waals surface area contributed by atoms with Gasteiger partial charge in [0.1, 0.15) is 5.82 Å². The lowest BCUT2D eigenvalue weighted by molar-refractivity contribution is 0.190. The maximum Gasteiger partial charge on any atom is 0.270 e. The number of benzene rings is 2. The molecule has 6 rings (SSSR count). The number of sulfone groups is 1. The monoisotopic (exact) mass is 824 g/mol. The molecule has 2 aromatic carbocycles. The maximum atomic E-state index is 14.9. The summed E-state index contributed by atoms with van der Waals surface area (Å²) >= 11 is 0. The second-order valence-electron chi connectivity index (χ2n) is 10.8. The highest BCUT2D eigenvalue weighted by Crippen LogP contribution is 3.00. The highest BCUT2D eigenvalue weighted by Gasteiger charge is 2.31. The molecular formula is C27H37FN6O5P8S. The van der Waals surface area contributed by atoms with Gasteiger partial charge < -0.3 is 24.9 Å². The predicted octanol–water partition coefficient (Wildman–Crippen LogP) is 7.24. The summed E-state index contributed by atoms with van der Waals surface area (Å²) in [6.07, 6.45) is 2.88. The Labute approximate surface area is 294 Å². The van der Waals surface area contributed by atoms with E-state index in [0.717, 1.165) is 18.6 Å². The average molecular weight is 824 g/mol. The van der Waals surface area contributed by atoms with Crippen LogP contribution in [0.1, 0.15) is 18.4 Å². The molecule has 0 aliphatic carbocycles. The largest absolute Gasteiger partial charge is 0.414 e. The molecule has 0 spiro atoms. The number of halogens is 1. The molecule has 2 aliphatic heterocycles. The fraction of sp³-hybridized carbons (Fsp3) is 0.333. The minimum atomic E-state index is -3.49. The molecule has 11 nitrogen and oxygen atoms in total. The standard InChI is InChI=1S/C27H27FN6O5S.H10P8/c28-22-11-16(12-30-18-7-9-37-14-18)1-6-21(22)26-33-34-27(39-26)24-25(29)31-13-23(32-24)17-2-4-19(5-3-17)40(35,36)20-8-10-38-15-20;1-6(2)8(5)7(3)4/h1-6,11,13,18,20,30H,7-10,12,14-15H2,(H2,29,31);1-5H2/t18-,20?;/m0./s1. The number of hydrogen-bond donors (Lipinski definition) is 2. The lowest BCUT2D eigenvalue weighted by atomic mass is 10.1. The van der Waals surface area contributed by atoms with Crippen LogP contribution in [0, 0.1) is 5.82 Å². The van der Waals surface area contributed by atoms with Crippen molar-refractivity contribution in [1.29, 1.82) is 0 Å². The number of nitrogens with zero attached hydrogens (tertiary/aromatic N) is 4. The Morgan fingerprint density at radius 1 is 0.938 bits per heavy atom. The Morgan fingerprint density at radius 2 is 1.62 bits per heavy atom. The van der Waals surface area contributed by atoms with Gasteiger partial charge in [0.15, 0.2) is 21.3 Å². The molecular weight excluding hydrogens is 787 g/mol. The fourth-order valence-corrected chi connectivity index (χ4v) is 35.2. The Bertz CT molecular complexity index is 1790. The van der Waals surface area contributed by atoms with E-state index in [9.17, 15) is 12.8 Å². The molecule has 3 N–H and O–H groups in total. The molecule has 0 radical (unpaired) electrons. The Hall–Kier alpha value is -0.340. The summed E-state index contributed by atoms with van der Waals surface area (Å²) in [5.74, 6) is -0.483. The molecule has 2 fully saturated rings. The molecule has 2 aliphatic rings. The Morgan fingerprint density at radius 3 is 2.23 bits per heavy atom. The van der Waals surface area contributed by atoms with Gasteiger partial charge in [-0.15, -0.1) is 54.8 Å². The number of hydrogen-bond acceptors (Lipinski definition) is 11. The summed E-state index contributed by atoms with van der Waals surface area (Å²) < 4.78 is 56.9. The molecule has 2 aromatic heterocycles. The normalized spacial score (nSPS) is 18.1. The summed E-state index contributed by atoms with van der Waals surface area (Å²) in [5, 5.41) is 10.8. The molecule has 48 heavy (non-hydrogen) atoms. The van der Waals surface area contributed by atoms with Crippen molar-refractivity contribution < 1.29 is 26.7 Å². The first-order valence-corrected chi connectivity index (χ1v) is 29.6. The topological polar surface area (TPSA) is 155 Å². The number of nitrogens with two attached hydrogens (primary N) is 1. The van der Waals surface area contributed by atoms with E-state index in [1.807, 2.05) is 0 Å². The third-order valence-electron chi connectivity index (χ3n) is 7.50. The highest BCUT2D eigenvalue weighted by atomic mass is 33.1. The van der Waals surface area contributed by atoms with Crippen molar-refractivity contribution in [1.82, 2.24) is 25.5 Å². The number of ether oxygens (including phenoxy) is 2. The molecule has 2 saturated heterocycles. The lowest BCUT2D eigenvalue weighted by Crippen LogP contribution is -2.28. The van der Waals surface area contributed by atoms with E-state index in [0.29, 0.717) is 37.4 Å². The Kier molecular flexibility index (Phi) is 14.5. The first-order valence-electron chi connectivity index (χ1n) is 14.6. The van der Waals surface area contributed by atoms with Crippen LogP contribution in [0.2, 0.25) is 0 Å². The summed E-state index contributed by atoms with van der Waals surface area (Å²) in [6, 6.07) is 11.5. The van der Waals surface area contributed by atoms with Crippen LogP contribution < -0.4 is 11.1 Å². The van der Waals surface area contributed by atoms with E-state index in [-0.39, 0.29) is 67.4 Å². The van der Waals surface area contributed by atoms with Crippen molar-refractivity contribution in [2.24, 2.45) is 0 Å². The minimum Gasteiger partial charge on any atom is -0.414 e. The molecule has 4 aromatic rings. The SMILES string of the molecule is Nc1ncc(-c2ccc(S(=O)(=O)C3CCOC3)cc2)nc1-c1nnc(-c2ccc(CN[C@H]3CCOC3)cc2F)o1.PP(P)P(P)P(P)P. The number of aromatic nitrogens is 4. The van der Waals surface area contributed by atoms with Gasteiger partial charge in [-0.2, -0.15) is 0 Å². The molecule has 0 amide bonds. The predicted molar refractivity (Wildman–Crippen MR) is 212 cm³/mol. The van der Waals surface area contributed by atoms with Gasteiger partial charge in [0.05, 0.1) is 40.8 Å². The van der Waals surface area contributed by atoms with E-state index >= 15 is 0 Å². The summed E-state index contributed by atoms with van der Waals surface area (Å²) in [7, 11) is 10.9. The van der Waals surface area contributed by atoms with Gasteiger partial charge in [0, 0.05) is 31.4 Å². The number of nitrogen functional groups attached to an aromatic ring is 1. The fourth-order valence-electron chi connectivity index (χ4n) is 4.81. The maximum absolute atomic E-state index is 14.9. The van der Waals surface area contributed by atoms with E-state index in [2.05, 4.69) is 70.1 Å². The van der Waals surface area contributed by atoms with Gasteiger partial charge in [-0.1, -0.05) is 18.2 Å². The number of nitrogens with one attached hydrogen (secondary N) is 1. The van der Waals surface area contributed by atoms with Crippen molar-refractivity contribution in [2.45, 2.75) is 35.6 Å². The number of rotatable bonds is 10. The molecule has 7 atom stereocenters. The zero-order valence-electron chi connectivity index (χ0n) is 25.6. The van der Waals surface area contributed by atoms with Crippen molar-refractivity contribution in [2.75, 3.05) is 32.2 Å². The van der Waals surface area contributed by atoms with Gasteiger partial charge in [-0.05, 0) is 63.6 Å². The third-order valence-corrected chi connectivity index (χ3v) is 47.5. The molecule has 4 heterocycles. The molecule has 0 bridgehead atoms. The van der Waals surface area contributed by atoms with Gasteiger partial charge in [-0.3, -0.25) is 0 Å².